The molecule has 1 amide bonds. The van der Waals surface area contributed by atoms with Crippen molar-refractivity contribution in [3.8, 4) is 16.8 Å². The second-order valence-electron chi connectivity index (χ2n) is 9.68. The predicted molar refractivity (Wildman–Crippen MR) is 141 cm³/mol. The molecule has 1 aliphatic heterocycles. The number of imidazole rings is 1. The highest BCUT2D eigenvalue weighted by Gasteiger charge is 2.35. The Morgan fingerprint density at radius 2 is 1.72 bits per heavy atom. The summed E-state index contributed by atoms with van der Waals surface area (Å²) < 4.78 is 49.7. The van der Waals surface area contributed by atoms with E-state index in [2.05, 4.69) is 5.16 Å². The lowest BCUT2D eigenvalue weighted by molar-refractivity contribution is -0.120. The number of hydrogen-bond acceptors (Lipinski definition) is 5. The summed E-state index contributed by atoms with van der Waals surface area (Å²) in [5, 5.41) is 4.04. The van der Waals surface area contributed by atoms with Crippen LogP contribution in [0.4, 0.5) is 24.5 Å². The zero-order chi connectivity index (χ0) is 27.4. The highest BCUT2D eigenvalue weighted by Crippen LogP contribution is 2.39. The topological polar surface area (TPSA) is 90.2 Å². The third-order valence-corrected chi connectivity index (χ3v) is 7.17. The van der Waals surface area contributed by atoms with Gasteiger partial charge in [0, 0.05) is 29.8 Å². The number of nitrogen functional groups attached to an aromatic ring is 1. The van der Waals surface area contributed by atoms with Crippen LogP contribution in [-0.4, -0.2) is 20.6 Å². The number of nitrogens with two attached hydrogens (primary N) is 1. The van der Waals surface area contributed by atoms with Crippen molar-refractivity contribution in [1.29, 1.82) is 0 Å². The zero-order valence-electron chi connectivity index (χ0n) is 21.2. The van der Waals surface area contributed by atoms with Crippen LogP contribution in [0.3, 0.4) is 0 Å². The maximum atomic E-state index is 14.7. The summed E-state index contributed by atoms with van der Waals surface area (Å²) in [6.45, 7) is 3.68. The predicted octanol–water partition coefficient (Wildman–Crippen LogP) is 6.56. The minimum absolute atomic E-state index is 0.00155. The van der Waals surface area contributed by atoms with E-state index in [0.29, 0.717) is 41.1 Å². The van der Waals surface area contributed by atoms with Crippen LogP contribution in [-0.2, 0) is 4.79 Å². The second kappa shape index (κ2) is 9.30. The first-order valence-corrected chi connectivity index (χ1v) is 12.5. The number of carbonyl (C=O) groups is 1. The molecule has 198 valence electrons. The molecule has 10 heteroatoms. The number of piperidine rings is 1. The number of anilines is 2. The minimum atomic E-state index is -1.05. The monoisotopic (exact) mass is 531 g/mol. The number of benzene rings is 3. The highest BCUT2D eigenvalue weighted by molar-refractivity contribution is 5.95. The Balaban J connectivity index is 1.58. The number of carbonyl (C=O) groups excluding carboxylic acids is 1. The number of amides is 1. The van der Waals surface area contributed by atoms with Crippen molar-refractivity contribution in [3.63, 3.8) is 0 Å². The van der Waals surface area contributed by atoms with Gasteiger partial charge in [-0.25, -0.2) is 18.2 Å². The maximum absolute atomic E-state index is 14.7. The summed E-state index contributed by atoms with van der Waals surface area (Å²) in [4.78, 5) is 19.6. The average molecular weight is 532 g/mol. The molecule has 0 saturated carbocycles. The lowest BCUT2D eigenvalue weighted by Crippen LogP contribution is -2.39. The molecule has 7 nitrogen and oxygen atoms in total. The van der Waals surface area contributed by atoms with Gasteiger partial charge < -0.3 is 15.2 Å². The number of aryl methyl sites for hydroxylation is 2. The van der Waals surface area contributed by atoms with Gasteiger partial charge in [-0.2, -0.15) is 0 Å². The molecular formula is C29H24F3N5O2. The van der Waals surface area contributed by atoms with E-state index >= 15 is 0 Å². The zero-order valence-corrected chi connectivity index (χ0v) is 21.2. The van der Waals surface area contributed by atoms with Gasteiger partial charge in [0.05, 0.1) is 34.1 Å². The van der Waals surface area contributed by atoms with Crippen LogP contribution in [0.25, 0.3) is 27.8 Å². The SMILES string of the molecule is Cc1noc(C)c1-c1ccc2c(c1)nc([C@@H]1CCCC(=O)N1c1ccc(F)c(F)c1)n2-c1ccc(N)c(F)c1. The van der Waals surface area contributed by atoms with Crippen LogP contribution < -0.4 is 10.6 Å². The fourth-order valence-corrected chi connectivity index (χ4v) is 5.37. The first-order valence-electron chi connectivity index (χ1n) is 12.5. The van der Waals surface area contributed by atoms with E-state index in [-0.39, 0.29) is 23.7 Å². The van der Waals surface area contributed by atoms with Gasteiger partial charge in [0.15, 0.2) is 11.6 Å². The lowest BCUT2D eigenvalue weighted by atomic mass is 9.99. The van der Waals surface area contributed by atoms with Crippen molar-refractivity contribution in [1.82, 2.24) is 14.7 Å². The summed E-state index contributed by atoms with van der Waals surface area (Å²) in [5.74, 6) is -1.77. The van der Waals surface area contributed by atoms with Crippen LogP contribution in [0.15, 0.2) is 59.1 Å². The number of fused-ring (bicyclic) bond motifs is 1. The van der Waals surface area contributed by atoms with Crippen LogP contribution in [0.5, 0.6) is 0 Å². The maximum Gasteiger partial charge on any atom is 0.227 e. The molecule has 1 fully saturated rings. The van der Waals surface area contributed by atoms with Gasteiger partial charge >= 0.3 is 0 Å². The van der Waals surface area contributed by atoms with E-state index in [0.717, 1.165) is 29.0 Å². The molecule has 2 aromatic heterocycles. The van der Waals surface area contributed by atoms with E-state index in [9.17, 15) is 18.0 Å². The number of nitrogens with zero attached hydrogens (tertiary/aromatic N) is 4. The molecule has 1 atom stereocenters. The van der Waals surface area contributed by atoms with E-state index in [1.165, 1.54) is 23.1 Å². The van der Waals surface area contributed by atoms with E-state index in [1.54, 1.807) is 10.6 Å². The van der Waals surface area contributed by atoms with Gasteiger partial charge in [0.25, 0.3) is 0 Å². The van der Waals surface area contributed by atoms with Crippen molar-refractivity contribution in [2.45, 2.75) is 39.2 Å². The fourth-order valence-electron chi connectivity index (χ4n) is 5.37. The molecule has 0 spiro atoms. The normalized spacial score (nSPS) is 15.9. The Bertz CT molecular complexity index is 1740. The molecule has 1 aliphatic rings. The first-order chi connectivity index (χ1) is 18.7. The summed E-state index contributed by atoms with van der Waals surface area (Å²) in [6.07, 6.45) is 1.35. The third kappa shape index (κ3) is 4.12. The van der Waals surface area contributed by atoms with Crippen LogP contribution in [0.1, 0.15) is 42.6 Å². The van der Waals surface area contributed by atoms with E-state index < -0.39 is 23.5 Å². The van der Waals surface area contributed by atoms with Crippen LogP contribution in [0, 0.1) is 31.3 Å². The van der Waals surface area contributed by atoms with Crippen LogP contribution >= 0.6 is 0 Å². The first kappa shape index (κ1) is 24.7. The lowest BCUT2D eigenvalue weighted by Gasteiger charge is -2.35. The van der Waals surface area contributed by atoms with Crippen molar-refractivity contribution < 1.29 is 22.5 Å². The molecule has 6 rings (SSSR count). The molecule has 0 bridgehead atoms. The van der Waals surface area contributed by atoms with E-state index in [1.807, 2.05) is 32.0 Å². The Labute approximate surface area is 221 Å². The molecule has 3 aromatic carbocycles. The molecule has 0 aliphatic carbocycles. The van der Waals surface area contributed by atoms with Gasteiger partial charge in [-0.3, -0.25) is 9.36 Å². The van der Waals surface area contributed by atoms with Gasteiger partial charge in [-0.1, -0.05) is 11.2 Å². The Kier molecular flexibility index (Phi) is 5.90. The van der Waals surface area contributed by atoms with Crippen molar-refractivity contribution in [2.24, 2.45) is 0 Å². The molecular weight excluding hydrogens is 507 g/mol. The van der Waals surface area contributed by atoms with Gasteiger partial charge in [0.1, 0.15) is 17.4 Å². The van der Waals surface area contributed by atoms with E-state index in [4.69, 9.17) is 15.2 Å². The summed E-state index contributed by atoms with van der Waals surface area (Å²) in [7, 11) is 0. The average Bonchev–Trinajstić information content (AvgIpc) is 3.46. The Morgan fingerprint density at radius 3 is 2.44 bits per heavy atom. The Hall–Kier alpha value is -4.60. The number of rotatable bonds is 4. The molecule has 0 radical (unpaired) electrons. The molecule has 3 heterocycles. The standard InChI is InChI=1S/C29H24F3N5O2/c1-15-28(16(2)39-35-15)17-6-11-25-24(12-17)34-29(37(25)19-8-10-23(33)22(32)14-19)26-4-3-5-27(38)36(26)18-7-9-20(30)21(31)13-18/h6-14,26H,3-5,33H2,1-2H3/t26-/m0/s1. The summed E-state index contributed by atoms with van der Waals surface area (Å²) in [6, 6.07) is 12.9. The van der Waals surface area contributed by atoms with Crippen molar-refractivity contribution >= 4 is 28.3 Å². The number of halogens is 3. The largest absolute Gasteiger partial charge is 0.396 e. The number of hydrogen-bond donors (Lipinski definition) is 1. The Morgan fingerprint density at radius 1 is 0.949 bits per heavy atom. The van der Waals surface area contributed by atoms with Gasteiger partial charge in [0.2, 0.25) is 5.91 Å². The van der Waals surface area contributed by atoms with Crippen molar-refractivity contribution in [3.05, 3.63) is 89.3 Å². The molecule has 0 unspecified atom stereocenters. The molecule has 1 saturated heterocycles. The number of aromatic nitrogens is 3. The summed E-state index contributed by atoms with van der Waals surface area (Å²) >= 11 is 0. The fraction of sp³-hybridized carbons (Fsp3) is 0.207. The van der Waals surface area contributed by atoms with Crippen LogP contribution in [0.2, 0.25) is 0 Å². The second-order valence-corrected chi connectivity index (χ2v) is 9.68. The van der Waals surface area contributed by atoms with Crippen molar-refractivity contribution in [2.75, 3.05) is 10.6 Å². The smallest absolute Gasteiger partial charge is 0.227 e. The molecule has 2 N–H and O–H groups in total. The minimum Gasteiger partial charge on any atom is -0.396 e. The molecule has 5 aromatic rings. The summed E-state index contributed by atoms with van der Waals surface area (Å²) in [5.41, 5.74) is 10.1. The molecule has 39 heavy (non-hydrogen) atoms. The quantitative estimate of drug-likeness (QED) is 0.266. The third-order valence-electron chi connectivity index (χ3n) is 7.17. The highest BCUT2D eigenvalue weighted by atomic mass is 19.2. The van der Waals surface area contributed by atoms with Gasteiger partial charge in [-0.15, -0.1) is 0 Å². The van der Waals surface area contributed by atoms with Gasteiger partial charge in [-0.05, 0) is 68.7 Å².